The molecule has 0 aromatic heterocycles. The maximum Gasteiger partial charge on any atom is 0.323 e. The summed E-state index contributed by atoms with van der Waals surface area (Å²) in [7, 11) is -3.47. The van der Waals surface area contributed by atoms with Crippen molar-refractivity contribution in [2.24, 2.45) is 17.6 Å². The minimum absolute atomic E-state index is 0.0480. The Kier molecular flexibility index (Phi) is 15.4. The Balaban J connectivity index is 0.000000270. The third kappa shape index (κ3) is 12.3. The summed E-state index contributed by atoms with van der Waals surface area (Å²) in [4.78, 5) is 37.7. The number of nitrogens with one attached hydrogen (secondary N) is 1. The molecule has 6 N–H and O–H groups in total. The maximum absolute atomic E-state index is 13.3. The fraction of sp³-hybridized carbons (Fsp3) is 0.576. The summed E-state index contributed by atoms with van der Waals surface area (Å²) in [5.74, 6) is -2.25. The highest BCUT2D eigenvalue weighted by molar-refractivity contribution is 7.89. The zero-order valence-corrected chi connectivity index (χ0v) is 28.2. The average Bonchev–Trinajstić information content (AvgIpc) is 3.33. The average molecular weight is 691 g/mol. The molecule has 1 amide bonds. The summed E-state index contributed by atoms with van der Waals surface area (Å²) >= 11 is 0. The van der Waals surface area contributed by atoms with Crippen molar-refractivity contribution in [2.75, 3.05) is 52.4 Å². The molecule has 1 saturated heterocycles. The standard InChI is InChI=1S/C19H32N4O3S.C14H18N2O5/c20-19(21)22-9-3-4-15(13-22)14-23(10-11-24)27(25,26)18-8-7-16-5-1-2-6-17(16)12-18;17-12(16(10-13(18)19)11-14(20)21)6-5-9-15-7-3-1-2-4-8-15/h1-2,6,15-16,18,24H,3-5,7-14H2,(H3,20,21);1-4,7-8H,5-6,9-11H2,(H,18,19)(H,20,21)/t15?,16?,18-;/m0./s1. The number of rotatable bonds is 14. The van der Waals surface area contributed by atoms with E-state index >= 15 is 0 Å². The highest BCUT2D eigenvalue weighted by Gasteiger charge is 2.38. The summed E-state index contributed by atoms with van der Waals surface area (Å²) in [6.07, 6.45) is 23.1. The summed E-state index contributed by atoms with van der Waals surface area (Å²) in [5.41, 5.74) is 6.86. The van der Waals surface area contributed by atoms with E-state index in [0.29, 0.717) is 44.8 Å². The molecule has 2 heterocycles. The van der Waals surface area contributed by atoms with Crippen molar-refractivity contribution >= 4 is 33.8 Å². The molecule has 15 heteroatoms. The molecule has 0 aromatic carbocycles. The lowest BCUT2D eigenvalue weighted by atomic mass is 9.80. The number of carbonyl (C=O) groups is 3. The van der Waals surface area contributed by atoms with Crippen molar-refractivity contribution in [3.8, 4) is 0 Å². The zero-order valence-electron chi connectivity index (χ0n) is 27.4. The van der Waals surface area contributed by atoms with Gasteiger partial charge in [0.2, 0.25) is 15.9 Å². The van der Waals surface area contributed by atoms with E-state index in [9.17, 15) is 27.9 Å². The molecule has 0 radical (unpaired) electrons. The van der Waals surface area contributed by atoms with E-state index in [1.165, 1.54) is 9.88 Å². The first kappa shape index (κ1) is 38.5. The van der Waals surface area contributed by atoms with E-state index in [1.54, 1.807) is 0 Å². The van der Waals surface area contributed by atoms with Crippen LogP contribution in [0.25, 0.3) is 0 Å². The van der Waals surface area contributed by atoms with E-state index in [2.05, 4.69) is 12.2 Å². The van der Waals surface area contributed by atoms with E-state index in [1.807, 2.05) is 52.6 Å². The van der Waals surface area contributed by atoms with Gasteiger partial charge < -0.3 is 35.8 Å². The van der Waals surface area contributed by atoms with Crippen molar-refractivity contribution in [1.29, 1.82) is 5.41 Å². The Morgan fingerprint density at radius 1 is 1.00 bits per heavy atom. The number of nitrogens with two attached hydrogens (primary N) is 1. The lowest BCUT2D eigenvalue weighted by molar-refractivity contribution is -0.149. The van der Waals surface area contributed by atoms with Crippen molar-refractivity contribution < 1.29 is 38.1 Å². The summed E-state index contributed by atoms with van der Waals surface area (Å²) < 4.78 is 28.1. The number of carbonyl (C=O) groups excluding carboxylic acids is 1. The molecule has 4 rings (SSSR count). The Bertz CT molecular complexity index is 1360. The minimum Gasteiger partial charge on any atom is -0.480 e. The molecule has 2 aliphatic carbocycles. The van der Waals surface area contributed by atoms with Gasteiger partial charge in [0.25, 0.3) is 0 Å². The first-order valence-electron chi connectivity index (χ1n) is 16.4. The van der Waals surface area contributed by atoms with Gasteiger partial charge in [0.1, 0.15) is 13.1 Å². The third-order valence-corrected chi connectivity index (χ3v) is 11.1. The second kappa shape index (κ2) is 19.1. The molecule has 14 nitrogen and oxygen atoms in total. The molecule has 2 unspecified atom stereocenters. The molecule has 0 bridgehead atoms. The lowest BCUT2D eigenvalue weighted by Crippen LogP contribution is -2.49. The van der Waals surface area contributed by atoms with Gasteiger partial charge in [-0.25, -0.2) is 8.42 Å². The molecular formula is C33H50N6O8S. The van der Waals surface area contributed by atoms with Crippen LogP contribution in [-0.4, -0.2) is 124 Å². The van der Waals surface area contributed by atoms with Gasteiger partial charge in [-0.15, -0.1) is 0 Å². The molecule has 0 aromatic rings. The molecule has 2 aliphatic heterocycles. The highest BCUT2D eigenvalue weighted by Crippen LogP contribution is 2.38. The molecule has 266 valence electrons. The topological polar surface area (TPSA) is 209 Å². The largest absolute Gasteiger partial charge is 0.480 e. The van der Waals surface area contributed by atoms with Crippen molar-refractivity contribution in [3.63, 3.8) is 0 Å². The van der Waals surface area contributed by atoms with Crippen LogP contribution in [0.3, 0.4) is 0 Å². The normalized spacial score (nSPS) is 21.9. The molecule has 0 spiro atoms. The predicted molar refractivity (Wildman–Crippen MR) is 182 cm³/mol. The molecule has 1 saturated carbocycles. The number of likely N-dealkylation sites (tertiary alicyclic amines) is 1. The first-order chi connectivity index (χ1) is 22.9. The van der Waals surface area contributed by atoms with Crippen LogP contribution in [-0.2, 0) is 24.4 Å². The second-order valence-electron chi connectivity index (χ2n) is 12.4. The highest BCUT2D eigenvalue weighted by atomic mass is 32.2. The molecular weight excluding hydrogens is 640 g/mol. The van der Waals surface area contributed by atoms with Crippen molar-refractivity contribution in [3.05, 3.63) is 60.5 Å². The number of piperidine rings is 1. The molecule has 3 atom stereocenters. The van der Waals surface area contributed by atoms with Crippen LogP contribution >= 0.6 is 0 Å². The number of nitrogens with zero attached hydrogens (tertiary/aromatic N) is 4. The zero-order chi connectivity index (χ0) is 35.1. The molecule has 4 aliphatic rings. The summed E-state index contributed by atoms with van der Waals surface area (Å²) in [5, 5.41) is 34.1. The number of amides is 1. The van der Waals surface area contributed by atoms with Gasteiger partial charge in [-0.2, -0.15) is 4.31 Å². The van der Waals surface area contributed by atoms with Gasteiger partial charge in [0.15, 0.2) is 5.96 Å². The van der Waals surface area contributed by atoms with Gasteiger partial charge in [0.05, 0.1) is 11.9 Å². The van der Waals surface area contributed by atoms with Crippen LogP contribution in [0.1, 0.15) is 51.4 Å². The summed E-state index contributed by atoms with van der Waals surface area (Å²) in [6.45, 7) is 1.11. The Hall–Kier alpha value is -3.95. The first-order valence-corrected chi connectivity index (χ1v) is 17.9. The molecule has 48 heavy (non-hydrogen) atoms. The number of carboxylic acids is 2. The maximum atomic E-state index is 13.3. The number of sulfonamides is 1. The third-order valence-electron chi connectivity index (χ3n) is 8.84. The lowest BCUT2D eigenvalue weighted by Gasteiger charge is -2.38. The van der Waals surface area contributed by atoms with Crippen LogP contribution < -0.4 is 5.73 Å². The number of hydrogen-bond donors (Lipinski definition) is 5. The van der Waals surface area contributed by atoms with Gasteiger partial charge in [-0.1, -0.05) is 36.0 Å². The Morgan fingerprint density at radius 2 is 1.69 bits per heavy atom. The van der Waals surface area contributed by atoms with E-state index in [4.69, 9.17) is 21.4 Å². The number of aliphatic carboxylic acids is 2. The number of allylic oxidation sites excluding steroid dienone is 8. The fourth-order valence-electron chi connectivity index (χ4n) is 6.41. The van der Waals surface area contributed by atoms with Gasteiger partial charge >= 0.3 is 11.9 Å². The van der Waals surface area contributed by atoms with Gasteiger partial charge in [-0.3, -0.25) is 19.8 Å². The van der Waals surface area contributed by atoms with E-state index in [0.717, 1.165) is 37.1 Å². The van der Waals surface area contributed by atoms with Gasteiger partial charge in [-0.05, 0) is 68.9 Å². The van der Waals surface area contributed by atoms with Crippen LogP contribution in [0.2, 0.25) is 0 Å². The van der Waals surface area contributed by atoms with Crippen LogP contribution in [0.4, 0.5) is 0 Å². The Morgan fingerprint density at radius 3 is 2.31 bits per heavy atom. The second-order valence-corrected chi connectivity index (χ2v) is 14.6. The number of guanidine groups is 1. The van der Waals surface area contributed by atoms with E-state index < -0.39 is 46.2 Å². The number of aliphatic hydroxyl groups excluding tert-OH is 1. The smallest absolute Gasteiger partial charge is 0.323 e. The SMILES string of the molecule is N=C(N)N1CCCC(CN(CCO)S(=O)(=O)[C@H]2CCC3CC=CC=C3C2)C1.O=C(O)CN(CC(=O)O)C(=O)CCCN1C=CC=CC=C1. The van der Waals surface area contributed by atoms with Crippen molar-refractivity contribution in [1.82, 2.24) is 19.0 Å². The minimum atomic E-state index is -3.47. The Labute approximate surface area is 283 Å². The fourth-order valence-corrected chi connectivity index (χ4v) is 8.42. The van der Waals surface area contributed by atoms with Crippen LogP contribution in [0.15, 0.2) is 60.5 Å². The quantitative estimate of drug-likeness (QED) is 0.131. The number of aliphatic hydroxyl groups is 1. The summed E-state index contributed by atoms with van der Waals surface area (Å²) in [6, 6.07) is 0. The van der Waals surface area contributed by atoms with E-state index in [-0.39, 0.29) is 31.4 Å². The van der Waals surface area contributed by atoms with Gasteiger partial charge in [0, 0.05) is 51.5 Å². The number of hydrogen-bond acceptors (Lipinski definition) is 8. The monoisotopic (exact) mass is 690 g/mol. The van der Waals surface area contributed by atoms with Crippen LogP contribution in [0.5, 0.6) is 0 Å². The number of carboxylic acid groups (broad SMARTS) is 2. The molecule has 2 fully saturated rings. The number of fused-ring (bicyclic) bond motifs is 1. The van der Waals surface area contributed by atoms with Crippen LogP contribution in [0, 0.1) is 17.2 Å². The predicted octanol–water partition coefficient (Wildman–Crippen LogP) is 1.93. The van der Waals surface area contributed by atoms with Crippen molar-refractivity contribution in [2.45, 2.75) is 56.6 Å².